The lowest BCUT2D eigenvalue weighted by molar-refractivity contribution is -0.158. The molecule has 1 saturated heterocycles. The molecule has 8 heteroatoms. The summed E-state index contributed by atoms with van der Waals surface area (Å²) >= 11 is 1.76. The lowest BCUT2D eigenvalue weighted by Gasteiger charge is -2.30. The highest BCUT2D eigenvalue weighted by Gasteiger charge is 2.26. The van der Waals surface area contributed by atoms with E-state index in [1.807, 2.05) is 34.9 Å². The van der Waals surface area contributed by atoms with E-state index in [-0.39, 0.29) is 18.4 Å². The first-order chi connectivity index (χ1) is 18.3. The second kappa shape index (κ2) is 11.2. The van der Waals surface area contributed by atoms with Gasteiger partial charge in [0.15, 0.2) is 17.8 Å². The first-order valence-electron chi connectivity index (χ1n) is 13.1. The molecule has 2 aromatic carbocycles. The Labute approximate surface area is 221 Å². The number of thioether (sulfide) groups is 1. The maximum Gasteiger partial charge on any atom is 0.169 e. The molecule has 3 atom stereocenters. The Hall–Kier alpha value is -2.91. The van der Waals surface area contributed by atoms with E-state index in [0.717, 1.165) is 65.7 Å². The standard InChI is InChI=1S/C29H32N4O3S/c30-24-13-14-25(22-8-2-1-7-21(22)24)36-20-12-15-27-31-32-29(33(27)19-20)23-9-3-4-10-26(23)37-18-17-35-28-11-5-6-16-34-28/h1-4,7-10,12,15,19,24-25,28H,5-6,11,13-14,16-18,30H2/t24-,25-,28?/m0/s1. The molecule has 0 saturated carbocycles. The van der Waals surface area contributed by atoms with Crippen molar-refractivity contribution in [1.29, 1.82) is 0 Å². The first-order valence-corrected chi connectivity index (χ1v) is 14.1. The van der Waals surface area contributed by atoms with Gasteiger partial charge in [-0.05, 0) is 61.4 Å². The van der Waals surface area contributed by atoms with E-state index in [0.29, 0.717) is 6.61 Å². The van der Waals surface area contributed by atoms with Gasteiger partial charge in [-0.15, -0.1) is 22.0 Å². The fourth-order valence-electron chi connectivity index (χ4n) is 5.15. The zero-order valence-electron chi connectivity index (χ0n) is 20.8. The summed E-state index contributed by atoms with van der Waals surface area (Å²) < 4.78 is 20.1. The van der Waals surface area contributed by atoms with Crippen molar-refractivity contribution >= 4 is 17.4 Å². The number of hydrogen-bond donors (Lipinski definition) is 1. The normalized spacial score (nSPS) is 21.6. The molecule has 0 spiro atoms. The summed E-state index contributed by atoms with van der Waals surface area (Å²) in [5, 5.41) is 8.96. The Balaban J connectivity index is 1.20. The maximum atomic E-state index is 6.50. The Bertz CT molecular complexity index is 1350. The zero-order valence-corrected chi connectivity index (χ0v) is 21.6. The third-order valence-corrected chi connectivity index (χ3v) is 8.08. The number of nitrogens with two attached hydrogens (primary N) is 1. The quantitative estimate of drug-likeness (QED) is 0.229. The minimum absolute atomic E-state index is 0.0237. The third kappa shape index (κ3) is 5.38. The summed E-state index contributed by atoms with van der Waals surface area (Å²) in [5.74, 6) is 2.42. The van der Waals surface area contributed by atoms with Gasteiger partial charge in [0, 0.05) is 28.9 Å². The van der Waals surface area contributed by atoms with Crippen LogP contribution in [-0.2, 0) is 9.47 Å². The number of fused-ring (bicyclic) bond motifs is 2. The highest BCUT2D eigenvalue weighted by Crippen LogP contribution is 2.38. The average Bonchev–Trinajstić information content (AvgIpc) is 3.37. The number of pyridine rings is 1. The first kappa shape index (κ1) is 24.4. The van der Waals surface area contributed by atoms with Gasteiger partial charge in [-0.1, -0.05) is 42.5 Å². The van der Waals surface area contributed by atoms with E-state index >= 15 is 0 Å². The summed E-state index contributed by atoms with van der Waals surface area (Å²) in [6.07, 6.45) is 6.99. The molecular formula is C29H32N4O3S. The Morgan fingerprint density at radius 3 is 2.70 bits per heavy atom. The molecule has 6 rings (SSSR count). The van der Waals surface area contributed by atoms with Crippen LogP contribution in [-0.4, -0.2) is 39.9 Å². The molecule has 192 valence electrons. The van der Waals surface area contributed by atoms with Crippen molar-refractivity contribution in [2.24, 2.45) is 5.73 Å². The van der Waals surface area contributed by atoms with Crippen molar-refractivity contribution in [3.05, 3.63) is 78.0 Å². The number of benzene rings is 2. The van der Waals surface area contributed by atoms with E-state index in [1.165, 1.54) is 17.5 Å². The van der Waals surface area contributed by atoms with Gasteiger partial charge in [-0.2, -0.15) is 0 Å². The van der Waals surface area contributed by atoms with Gasteiger partial charge in [-0.3, -0.25) is 4.40 Å². The monoisotopic (exact) mass is 516 g/mol. The van der Waals surface area contributed by atoms with E-state index in [2.05, 4.69) is 46.6 Å². The molecule has 0 radical (unpaired) electrons. The summed E-state index contributed by atoms with van der Waals surface area (Å²) in [6.45, 7) is 1.45. The minimum Gasteiger partial charge on any atom is -0.484 e. The molecule has 3 heterocycles. The van der Waals surface area contributed by atoms with E-state index in [4.69, 9.17) is 19.9 Å². The van der Waals surface area contributed by atoms with Gasteiger partial charge in [0.05, 0.1) is 12.8 Å². The molecule has 2 aromatic heterocycles. The summed E-state index contributed by atoms with van der Waals surface area (Å²) in [5.41, 5.74) is 10.5. The molecule has 7 nitrogen and oxygen atoms in total. The van der Waals surface area contributed by atoms with Gasteiger partial charge < -0.3 is 19.9 Å². The largest absolute Gasteiger partial charge is 0.484 e. The second-order valence-corrected chi connectivity index (χ2v) is 10.7. The van der Waals surface area contributed by atoms with Gasteiger partial charge in [0.25, 0.3) is 0 Å². The van der Waals surface area contributed by atoms with Crippen LogP contribution in [0, 0.1) is 0 Å². The van der Waals surface area contributed by atoms with Gasteiger partial charge >= 0.3 is 0 Å². The summed E-state index contributed by atoms with van der Waals surface area (Å²) in [7, 11) is 0. The van der Waals surface area contributed by atoms with E-state index < -0.39 is 0 Å². The smallest absolute Gasteiger partial charge is 0.169 e. The molecule has 1 unspecified atom stereocenters. The molecule has 1 aliphatic carbocycles. The van der Waals surface area contributed by atoms with Crippen LogP contribution < -0.4 is 10.5 Å². The van der Waals surface area contributed by atoms with Crippen molar-refractivity contribution in [2.45, 2.75) is 55.4 Å². The minimum atomic E-state index is -0.0599. The lowest BCUT2D eigenvalue weighted by atomic mass is 9.86. The lowest BCUT2D eigenvalue weighted by Crippen LogP contribution is -2.23. The molecule has 1 aliphatic heterocycles. The number of nitrogens with zero attached hydrogens (tertiary/aromatic N) is 3. The second-order valence-electron chi connectivity index (χ2n) is 9.55. The topological polar surface area (TPSA) is 83.9 Å². The van der Waals surface area contributed by atoms with Gasteiger partial charge in [-0.25, -0.2) is 0 Å². The molecule has 4 aromatic rings. The molecule has 2 aliphatic rings. The maximum absolute atomic E-state index is 6.50. The van der Waals surface area contributed by atoms with Gasteiger partial charge in [0.2, 0.25) is 0 Å². The van der Waals surface area contributed by atoms with Crippen LogP contribution in [0.1, 0.15) is 55.4 Å². The molecular weight excluding hydrogens is 484 g/mol. The highest BCUT2D eigenvalue weighted by atomic mass is 32.2. The molecule has 0 amide bonds. The molecule has 0 bridgehead atoms. The van der Waals surface area contributed by atoms with Crippen molar-refractivity contribution in [1.82, 2.24) is 14.6 Å². The molecule has 2 N–H and O–H groups in total. The predicted octanol–water partition coefficient (Wildman–Crippen LogP) is 5.95. The number of aromatic nitrogens is 3. The van der Waals surface area contributed by atoms with Crippen molar-refractivity contribution in [3.8, 4) is 17.1 Å². The molecule has 37 heavy (non-hydrogen) atoms. The van der Waals surface area contributed by atoms with Crippen LogP contribution in [0.2, 0.25) is 0 Å². The predicted molar refractivity (Wildman–Crippen MR) is 145 cm³/mol. The highest BCUT2D eigenvalue weighted by molar-refractivity contribution is 7.99. The van der Waals surface area contributed by atoms with Crippen LogP contribution in [0.15, 0.2) is 71.8 Å². The van der Waals surface area contributed by atoms with Crippen LogP contribution in [0.25, 0.3) is 17.0 Å². The van der Waals surface area contributed by atoms with Crippen LogP contribution in [0.5, 0.6) is 5.75 Å². The fraction of sp³-hybridized carbons (Fsp3) is 0.379. The summed E-state index contributed by atoms with van der Waals surface area (Å²) in [6, 6.07) is 20.6. The Kier molecular flexibility index (Phi) is 7.41. The summed E-state index contributed by atoms with van der Waals surface area (Å²) in [4.78, 5) is 1.14. The SMILES string of the molecule is N[C@H]1CC[C@H](Oc2ccc3nnc(-c4ccccc4SCCOC4CCCCO4)n3c2)c2ccccc21. The number of rotatable bonds is 8. The van der Waals surface area contributed by atoms with Crippen molar-refractivity contribution in [2.75, 3.05) is 19.0 Å². The Morgan fingerprint density at radius 2 is 1.81 bits per heavy atom. The van der Waals surface area contributed by atoms with Crippen molar-refractivity contribution < 1.29 is 14.2 Å². The zero-order chi connectivity index (χ0) is 25.0. The van der Waals surface area contributed by atoms with E-state index in [1.54, 1.807) is 11.8 Å². The average molecular weight is 517 g/mol. The Morgan fingerprint density at radius 1 is 0.946 bits per heavy atom. The molecule has 1 fully saturated rings. The number of hydrogen-bond acceptors (Lipinski definition) is 7. The van der Waals surface area contributed by atoms with Crippen LogP contribution in [0.3, 0.4) is 0 Å². The van der Waals surface area contributed by atoms with E-state index in [9.17, 15) is 0 Å². The van der Waals surface area contributed by atoms with Crippen LogP contribution in [0.4, 0.5) is 0 Å². The van der Waals surface area contributed by atoms with Gasteiger partial charge in [0.1, 0.15) is 11.9 Å². The number of ether oxygens (including phenoxy) is 3. The van der Waals surface area contributed by atoms with Crippen LogP contribution >= 0.6 is 11.8 Å². The fourth-order valence-corrected chi connectivity index (χ4v) is 6.04. The van der Waals surface area contributed by atoms with Crippen molar-refractivity contribution in [3.63, 3.8) is 0 Å². The third-order valence-electron chi connectivity index (χ3n) is 7.05.